The monoisotopic (exact) mass is 502 g/mol. The van der Waals surface area contributed by atoms with E-state index >= 15 is 0 Å². The molecule has 184 valence electrons. The number of nitrogens with zero attached hydrogens (tertiary/aromatic N) is 3. The third-order valence-electron chi connectivity index (χ3n) is 6.08. The number of H-pyrrole nitrogens is 1. The summed E-state index contributed by atoms with van der Waals surface area (Å²) in [4.78, 5) is 21.3. The van der Waals surface area contributed by atoms with Crippen LogP contribution in [0, 0.1) is 0 Å². The zero-order chi connectivity index (χ0) is 25.1. The second kappa shape index (κ2) is 10.3. The average Bonchev–Trinajstić information content (AvgIpc) is 3.56. The van der Waals surface area contributed by atoms with Gasteiger partial charge < -0.3 is 19.2 Å². The van der Waals surface area contributed by atoms with Gasteiger partial charge in [-0.2, -0.15) is 5.10 Å². The van der Waals surface area contributed by atoms with E-state index in [1.54, 1.807) is 26.3 Å². The molecule has 0 saturated carbocycles. The SMILES string of the molecule is COc1ccc(C2=NN(C(=O)CSc3nc4ccccc4[nH]3)C(c3cccc(OC)c3OC)C2)cc1. The second-order valence-corrected chi connectivity index (χ2v) is 9.13. The molecule has 5 rings (SSSR count). The highest BCUT2D eigenvalue weighted by Crippen LogP contribution is 2.42. The number of aromatic amines is 1. The predicted octanol–water partition coefficient (Wildman–Crippen LogP) is 5.06. The number of hydrogen-bond donors (Lipinski definition) is 1. The molecule has 8 nitrogen and oxygen atoms in total. The van der Waals surface area contributed by atoms with Crippen molar-refractivity contribution in [2.45, 2.75) is 17.6 Å². The molecule has 1 unspecified atom stereocenters. The van der Waals surface area contributed by atoms with Crippen LogP contribution >= 0.6 is 11.8 Å². The van der Waals surface area contributed by atoms with Gasteiger partial charge in [-0.1, -0.05) is 36.0 Å². The molecule has 0 saturated heterocycles. The molecule has 1 atom stereocenters. The standard InChI is InChI=1S/C27H26N4O4S/c1-33-18-13-11-17(12-14-18)22-15-23(19-7-6-10-24(34-2)26(19)35-3)31(30-22)25(32)16-36-27-28-20-8-4-5-9-21(20)29-27/h4-14,23H,15-16H2,1-3H3,(H,28,29). The number of imidazole rings is 1. The summed E-state index contributed by atoms with van der Waals surface area (Å²) in [6.07, 6.45) is 0.539. The average molecular weight is 503 g/mol. The van der Waals surface area contributed by atoms with Gasteiger partial charge in [-0.3, -0.25) is 4.79 Å². The van der Waals surface area contributed by atoms with Crippen LogP contribution in [0.3, 0.4) is 0 Å². The number of amides is 1. The lowest BCUT2D eigenvalue weighted by Crippen LogP contribution is -2.29. The van der Waals surface area contributed by atoms with Crippen molar-refractivity contribution in [1.29, 1.82) is 0 Å². The van der Waals surface area contributed by atoms with Gasteiger partial charge in [0.05, 0.1) is 49.9 Å². The van der Waals surface area contributed by atoms with Crippen LogP contribution in [0.4, 0.5) is 0 Å². The van der Waals surface area contributed by atoms with E-state index in [-0.39, 0.29) is 17.7 Å². The Morgan fingerprint density at radius 3 is 2.53 bits per heavy atom. The van der Waals surface area contributed by atoms with Gasteiger partial charge in [-0.25, -0.2) is 9.99 Å². The smallest absolute Gasteiger partial charge is 0.253 e. The number of thioether (sulfide) groups is 1. The van der Waals surface area contributed by atoms with Gasteiger partial charge in [-0.15, -0.1) is 0 Å². The molecule has 0 bridgehead atoms. The van der Waals surface area contributed by atoms with Crippen LogP contribution in [0.2, 0.25) is 0 Å². The summed E-state index contributed by atoms with van der Waals surface area (Å²) < 4.78 is 16.5. The minimum atomic E-state index is -0.337. The molecular weight excluding hydrogens is 476 g/mol. The third kappa shape index (κ3) is 4.61. The van der Waals surface area contributed by atoms with Crippen LogP contribution in [0.5, 0.6) is 17.2 Å². The van der Waals surface area contributed by atoms with Crippen LogP contribution in [0.25, 0.3) is 11.0 Å². The van der Waals surface area contributed by atoms with Gasteiger partial charge in [0.25, 0.3) is 5.91 Å². The van der Waals surface area contributed by atoms with Crippen molar-refractivity contribution >= 4 is 34.4 Å². The number of carbonyl (C=O) groups is 1. The molecular formula is C27H26N4O4S. The molecule has 0 radical (unpaired) electrons. The lowest BCUT2D eigenvalue weighted by Gasteiger charge is -2.24. The maximum Gasteiger partial charge on any atom is 0.253 e. The van der Waals surface area contributed by atoms with Crippen LogP contribution in [-0.4, -0.2) is 53.7 Å². The first-order chi connectivity index (χ1) is 17.6. The lowest BCUT2D eigenvalue weighted by atomic mass is 9.97. The minimum absolute atomic E-state index is 0.126. The number of methoxy groups -OCH3 is 3. The van der Waals surface area contributed by atoms with E-state index in [1.165, 1.54) is 11.8 Å². The molecule has 1 aromatic heterocycles. The first-order valence-electron chi connectivity index (χ1n) is 11.4. The Hall–Kier alpha value is -3.98. The van der Waals surface area contributed by atoms with E-state index in [0.717, 1.165) is 33.6 Å². The van der Waals surface area contributed by atoms with Gasteiger partial charge in [0, 0.05) is 12.0 Å². The number of carbonyl (C=O) groups excluding carboxylic acids is 1. The fourth-order valence-corrected chi connectivity index (χ4v) is 5.05. The fourth-order valence-electron chi connectivity index (χ4n) is 4.31. The van der Waals surface area contributed by atoms with Gasteiger partial charge in [0.15, 0.2) is 16.7 Å². The highest BCUT2D eigenvalue weighted by molar-refractivity contribution is 7.99. The van der Waals surface area contributed by atoms with E-state index in [1.807, 2.05) is 66.7 Å². The largest absolute Gasteiger partial charge is 0.497 e. The van der Waals surface area contributed by atoms with Crippen molar-refractivity contribution in [2.24, 2.45) is 5.10 Å². The number of fused-ring (bicyclic) bond motifs is 1. The quantitative estimate of drug-likeness (QED) is 0.339. The summed E-state index contributed by atoms with van der Waals surface area (Å²) in [5.74, 6) is 2.02. The molecule has 0 fully saturated rings. The van der Waals surface area contributed by atoms with Crippen LogP contribution in [0.1, 0.15) is 23.6 Å². The predicted molar refractivity (Wildman–Crippen MR) is 140 cm³/mol. The van der Waals surface area contributed by atoms with E-state index in [2.05, 4.69) is 9.97 Å². The summed E-state index contributed by atoms with van der Waals surface area (Å²) >= 11 is 1.36. The highest BCUT2D eigenvalue weighted by atomic mass is 32.2. The van der Waals surface area contributed by atoms with Gasteiger partial charge in [0.2, 0.25) is 0 Å². The lowest BCUT2D eigenvalue weighted by molar-refractivity contribution is -0.130. The molecule has 2 heterocycles. The third-order valence-corrected chi connectivity index (χ3v) is 6.94. The first-order valence-corrected chi connectivity index (χ1v) is 12.4. The molecule has 1 aliphatic rings. The number of ether oxygens (including phenoxy) is 3. The van der Waals surface area contributed by atoms with Crippen molar-refractivity contribution in [3.05, 3.63) is 77.9 Å². The molecule has 3 aromatic carbocycles. The van der Waals surface area contributed by atoms with Crippen molar-refractivity contribution in [3.8, 4) is 17.2 Å². The summed E-state index contributed by atoms with van der Waals surface area (Å²) in [5.41, 5.74) is 4.39. The zero-order valence-corrected chi connectivity index (χ0v) is 21.0. The van der Waals surface area contributed by atoms with Gasteiger partial charge in [-0.05, 0) is 48.0 Å². The zero-order valence-electron chi connectivity index (χ0n) is 20.2. The number of rotatable bonds is 8. The van der Waals surface area contributed by atoms with Crippen LogP contribution < -0.4 is 14.2 Å². The van der Waals surface area contributed by atoms with E-state index in [4.69, 9.17) is 19.3 Å². The Morgan fingerprint density at radius 1 is 1.00 bits per heavy atom. The summed E-state index contributed by atoms with van der Waals surface area (Å²) in [6, 6.07) is 20.8. The number of aromatic nitrogens is 2. The molecule has 1 amide bonds. The van der Waals surface area contributed by atoms with Crippen molar-refractivity contribution in [1.82, 2.24) is 15.0 Å². The Balaban J connectivity index is 1.44. The molecule has 0 spiro atoms. The van der Waals surface area contributed by atoms with Crippen molar-refractivity contribution < 1.29 is 19.0 Å². The first kappa shape index (κ1) is 23.7. The molecule has 4 aromatic rings. The molecule has 1 N–H and O–H groups in total. The van der Waals surface area contributed by atoms with E-state index < -0.39 is 0 Å². The van der Waals surface area contributed by atoms with Gasteiger partial charge in [0.1, 0.15) is 5.75 Å². The normalized spacial score (nSPS) is 15.1. The van der Waals surface area contributed by atoms with E-state index in [9.17, 15) is 4.79 Å². The van der Waals surface area contributed by atoms with Crippen molar-refractivity contribution in [3.63, 3.8) is 0 Å². The summed E-state index contributed by atoms with van der Waals surface area (Å²) in [7, 11) is 4.83. The van der Waals surface area contributed by atoms with Gasteiger partial charge >= 0.3 is 0 Å². The number of hydrazone groups is 1. The molecule has 1 aliphatic heterocycles. The number of nitrogens with one attached hydrogen (secondary N) is 1. The number of para-hydroxylation sites is 3. The summed E-state index contributed by atoms with van der Waals surface area (Å²) in [5, 5.41) is 7.03. The van der Waals surface area contributed by atoms with Crippen molar-refractivity contribution in [2.75, 3.05) is 27.1 Å². The topological polar surface area (TPSA) is 89.0 Å². The maximum absolute atomic E-state index is 13.5. The molecule has 36 heavy (non-hydrogen) atoms. The Bertz CT molecular complexity index is 1380. The molecule has 0 aliphatic carbocycles. The molecule has 9 heteroatoms. The maximum atomic E-state index is 13.5. The number of benzene rings is 3. The highest BCUT2D eigenvalue weighted by Gasteiger charge is 2.35. The van der Waals surface area contributed by atoms with E-state index in [0.29, 0.717) is 23.1 Å². The Labute approximate surface area is 213 Å². The summed E-state index contributed by atoms with van der Waals surface area (Å²) in [6.45, 7) is 0. The number of hydrogen-bond acceptors (Lipinski definition) is 7. The van der Waals surface area contributed by atoms with Crippen LogP contribution in [-0.2, 0) is 4.79 Å². The Kier molecular flexibility index (Phi) is 6.81. The minimum Gasteiger partial charge on any atom is -0.497 e. The fraction of sp³-hybridized carbons (Fsp3) is 0.222. The second-order valence-electron chi connectivity index (χ2n) is 8.16. The van der Waals surface area contributed by atoms with Crippen LogP contribution in [0.15, 0.2) is 77.0 Å². The Morgan fingerprint density at radius 2 is 1.81 bits per heavy atom.